The highest BCUT2D eigenvalue weighted by Crippen LogP contribution is 2.23. The third-order valence-electron chi connectivity index (χ3n) is 3.75. The zero-order chi connectivity index (χ0) is 17.8. The fourth-order valence-corrected chi connectivity index (χ4v) is 2.60. The van der Waals surface area contributed by atoms with Gasteiger partial charge in [-0.05, 0) is 45.0 Å². The monoisotopic (exact) mass is 337 g/mol. The summed E-state index contributed by atoms with van der Waals surface area (Å²) in [6.07, 6.45) is 4.62. The zero-order valence-corrected chi connectivity index (χ0v) is 14.3. The maximum Gasteiger partial charge on any atom is 0.251 e. The lowest BCUT2D eigenvalue weighted by molar-refractivity contribution is 0.0939. The van der Waals surface area contributed by atoms with Crippen molar-refractivity contribution in [1.82, 2.24) is 15.3 Å². The van der Waals surface area contributed by atoms with E-state index in [2.05, 4.69) is 15.3 Å². The number of aryl methyl sites for hydroxylation is 2. The molecule has 0 aliphatic carbocycles. The van der Waals surface area contributed by atoms with Gasteiger partial charge in [0.2, 0.25) is 5.88 Å². The number of rotatable bonds is 5. The van der Waals surface area contributed by atoms with Crippen molar-refractivity contribution in [3.63, 3.8) is 0 Å². The van der Waals surface area contributed by atoms with Crippen LogP contribution in [0.3, 0.4) is 0 Å². The zero-order valence-electron chi connectivity index (χ0n) is 14.3. The van der Waals surface area contributed by atoms with Gasteiger partial charge in [-0.1, -0.05) is 6.07 Å². The van der Waals surface area contributed by atoms with Crippen molar-refractivity contribution in [1.29, 1.82) is 0 Å². The SMILES string of the molecule is Cc1cc(C(C)NC(=O)c2cccc(Oc3cnccn3)c2)c(C)o1. The Labute approximate surface area is 145 Å². The number of furan rings is 1. The molecule has 6 nitrogen and oxygen atoms in total. The smallest absolute Gasteiger partial charge is 0.251 e. The van der Waals surface area contributed by atoms with Crippen molar-refractivity contribution in [2.24, 2.45) is 0 Å². The van der Waals surface area contributed by atoms with E-state index < -0.39 is 0 Å². The Morgan fingerprint density at radius 1 is 1.24 bits per heavy atom. The van der Waals surface area contributed by atoms with E-state index in [9.17, 15) is 4.79 Å². The van der Waals surface area contributed by atoms with Gasteiger partial charge in [0.25, 0.3) is 5.91 Å². The lowest BCUT2D eigenvalue weighted by atomic mass is 10.1. The summed E-state index contributed by atoms with van der Waals surface area (Å²) >= 11 is 0. The number of ether oxygens (including phenoxy) is 1. The molecule has 0 radical (unpaired) electrons. The van der Waals surface area contributed by atoms with Gasteiger partial charge < -0.3 is 14.5 Å². The first kappa shape index (κ1) is 16.7. The molecule has 0 saturated heterocycles. The fourth-order valence-electron chi connectivity index (χ4n) is 2.60. The van der Waals surface area contributed by atoms with Crippen LogP contribution in [-0.4, -0.2) is 15.9 Å². The molecule has 1 N–H and O–H groups in total. The summed E-state index contributed by atoms with van der Waals surface area (Å²) < 4.78 is 11.1. The molecule has 0 aliphatic rings. The molecule has 1 amide bonds. The average molecular weight is 337 g/mol. The molecule has 0 fully saturated rings. The fraction of sp³-hybridized carbons (Fsp3) is 0.211. The molecular formula is C19H19N3O3. The molecule has 25 heavy (non-hydrogen) atoms. The molecule has 128 valence electrons. The van der Waals surface area contributed by atoms with Gasteiger partial charge in [-0.15, -0.1) is 0 Å². The van der Waals surface area contributed by atoms with Gasteiger partial charge >= 0.3 is 0 Å². The van der Waals surface area contributed by atoms with Crippen molar-refractivity contribution in [3.05, 3.63) is 71.6 Å². The third-order valence-corrected chi connectivity index (χ3v) is 3.75. The first-order chi connectivity index (χ1) is 12.0. The van der Waals surface area contributed by atoms with Crippen LogP contribution in [0.15, 0.2) is 53.3 Å². The van der Waals surface area contributed by atoms with Crippen molar-refractivity contribution >= 4 is 5.91 Å². The van der Waals surface area contributed by atoms with Crippen LogP contribution in [0.5, 0.6) is 11.6 Å². The number of nitrogens with zero attached hydrogens (tertiary/aromatic N) is 2. The molecule has 0 spiro atoms. The molecule has 6 heteroatoms. The molecular weight excluding hydrogens is 318 g/mol. The predicted molar refractivity (Wildman–Crippen MR) is 92.6 cm³/mol. The molecule has 0 saturated carbocycles. The van der Waals surface area contributed by atoms with Gasteiger partial charge in [-0.3, -0.25) is 9.78 Å². The van der Waals surface area contributed by atoms with E-state index in [0.29, 0.717) is 17.2 Å². The van der Waals surface area contributed by atoms with Crippen LogP contribution >= 0.6 is 0 Å². The minimum absolute atomic E-state index is 0.158. The number of benzene rings is 1. The summed E-state index contributed by atoms with van der Waals surface area (Å²) in [5.74, 6) is 2.35. The number of carbonyl (C=O) groups is 1. The summed E-state index contributed by atoms with van der Waals surface area (Å²) in [6.45, 7) is 5.70. The normalized spacial score (nSPS) is 11.8. The maximum atomic E-state index is 12.5. The standard InChI is InChI=1S/C19H19N3O3/c1-12-9-17(14(3)24-12)13(2)22-19(23)15-5-4-6-16(10-15)25-18-11-20-7-8-21-18/h4-11,13H,1-3H3,(H,22,23). The summed E-state index contributed by atoms with van der Waals surface area (Å²) in [7, 11) is 0. The highest BCUT2D eigenvalue weighted by atomic mass is 16.5. The van der Waals surface area contributed by atoms with Crippen LogP contribution < -0.4 is 10.1 Å². The molecule has 2 heterocycles. The van der Waals surface area contributed by atoms with E-state index in [4.69, 9.17) is 9.15 Å². The van der Waals surface area contributed by atoms with Gasteiger partial charge in [-0.2, -0.15) is 0 Å². The Hall–Kier alpha value is -3.15. The Balaban J connectivity index is 1.72. The van der Waals surface area contributed by atoms with Gasteiger partial charge in [0.05, 0.1) is 12.2 Å². The minimum Gasteiger partial charge on any atom is -0.466 e. The lowest BCUT2D eigenvalue weighted by Crippen LogP contribution is -2.26. The van der Waals surface area contributed by atoms with Crippen LogP contribution in [0.25, 0.3) is 0 Å². The van der Waals surface area contributed by atoms with E-state index in [1.165, 1.54) is 6.20 Å². The first-order valence-electron chi connectivity index (χ1n) is 7.94. The number of carbonyl (C=O) groups excluding carboxylic acids is 1. The summed E-state index contributed by atoms with van der Waals surface area (Å²) in [5.41, 5.74) is 1.48. The van der Waals surface area contributed by atoms with Crippen LogP contribution in [-0.2, 0) is 0 Å². The number of amides is 1. The van der Waals surface area contributed by atoms with Crippen LogP contribution in [0.4, 0.5) is 0 Å². The van der Waals surface area contributed by atoms with E-state index >= 15 is 0 Å². The third kappa shape index (κ3) is 4.03. The minimum atomic E-state index is -0.185. The second-order valence-corrected chi connectivity index (χ2v) is 5.74. The summed E-state index contributed by atoms with van der Waals surface area (Å²) in [4.78, 5) is 20.5. The molecule has 0 bridgehead atoms. The Morgan fingerprint density at radius 3 is 2.76 bits per heavy atom. The molecule has 3 aromatic rings. The average Bonchev–Trinajstić information content (AvgIpc) is 2.94. The van der Waals surface area contributed by atoms with E-state index in [1.807, 2.05) is 26.8 Å². The van der Waals surface area contributed by atoms with Gasteiger partial charge in [0.15, 0.2) is 0 Å². The molecule has 1 aromatic carbocycles. The van der Waals surface area contributed by atoms with Gasteiger partial charge in [0.1, 0.15) is 17.3 Å². The summed E-state index contributed by atoms with van der Waals surface area (Å²) in [5, 5.41) is 2.98. The second-order valence-electron chi connectivity index (χ2n) is 5.74. The Bertz CT molecular complexity index is 875. The van der Waals surface area contributed by atoms with Crippen molar-refractivity contribution in [2.45, 2.75) is 26.8 Å². The van der Waals surface area contributed by atoms with Crippen LogP contribution in [0.2, 0.25) is 0 Å². The molecule has 0 aliphatic heterocycles. The number of aromatic nitrogens is 2. The van der Waals surface area contributed by atoms with E-state index in [-0.39, 0.29) is 11.9 Å². The number of nitrogens with one attached hydrogen (secondary N) is 1. The molecule has 1 unspecified atom stereocenters. The number of hydrogen-bond acceptors (Lipinski definition) is 5. The summed E-state index contributed by atoms with van der Waals surface area (Å²) in [6, 6.07) is 8.71. The maximum absolute atomic E-state index is 12.5. The molecule has 2 aromatic heterocycles. The van der Waals surface area contributed by atoms with Crippen molar-refractivity contribution in [3.8, 4) is 11.6 Å². The topological polar surface area (TPSA) is 77.2 Å². The largest absolute Gasteiger partial charge is 0.466 e. The predicted octanol–water partition coefficient (Wildman–Crippen LogP) is 3.97. The molecule has 1 atom stereocenters. The van der Waals surface area contributed by atoms with Crippen LogP contribution in [0.1, 0.15) is 40.4 Å². The van der Waals surface area contributed by atoms with Gasteiger partial charge in [-0.25, -0.2) is 4.98 Å². The first-order valence-corrected chi connectivity index (χ1v) is 7.94. The lowest BCUT2D eigenvalue weighted by Gasteiger charge is -2.14. The highest BCUT2D eigenvalue weighted by molar-refractivity contribution is 5.94. The number of hydrogen-bond donors (Lipinski definition) is 1. The van der Waals surface area contributed by atoms with Crippen molar-refractivity contribution in [2.75, 3.05) is 0 Å². The van der Waals surface area contributed by atoms with Crippen molar-refractivity contribution < 1.29 is 13.9 Å². The second kappa shape index (κ2) is 7.17. The van der Waals surface area contributed by atoms with E-state index in [0.717, 1.165) is 17.1 Å². The quantitative estimate of drug-likeness (QED) is 0.762. The Morgan fingerprint density at radius 2 is 2.08 bits per heavy atom. The van der Waals surface area contributed by atoms with Gasteiger partial charge in [0, 0.05) is 23.5 Å². The van der Waals surface area contributed by atoms with E-state index in [1.54, 1.807) is 36.7 Å². The Kier molecular flexibility index (Phi) is 4.79. The molecule has 3 rings (SSSR count). The van der Waals surface area contributed by atoms with Crippen LogP contribution in [0, 0.1) is 13.8 Å². The highest BCUT2D eigenvalue weighted by Gasteiger charge is 2.16.